The Balaban J connectivity index is 2.58. The predicted molar refractivity (Wildman–Crippen MR) is 69.5 cm³/mol. The van der Waals surface area contributed by atoms with Crippen LogP contribution in [0.25, 0.3) is 11.1 Å². The van der Waals surface area contributed by atoms with Gasteiger partial charge in [-0.25, -0.2) is 0 Å². The van der Waals surface area contributed by atoms with E-state index >= 15 is 0 Å². The van der Waals surface area contributed by atoms with Gasteiger partial charge in [-0.1, -0.05) is 36.4 Å². The van der Waals surface area contributed by atoms with Gasteiger partial charge in [0.25, 0.3) is 5.69 Å². The number of non-ortho nitro benzene ring substituents is 1. The molecule has 0 aliphatic rings. The zero-order valence-electron chi connectivity index (χ0n) is 9.46. The highest BCUT2D eigenvalue weighted by Gasteiger charge is 2.10. The first-order chi connectivity index (χ1) is 8.59. The van der Waals surface area contributed by atoms with E-state index in [0.717, 1.165) is 0 Å². The standard InChI is InChI=1S/C13H11N3O2/c14-13(15)12-7-2-1-6-11(12)9-4-3-5-10(8-9)16(17)18/h1-8H,(H3,14,15). The Morgan fingerprint density at radius 1 is 1.17 bits per heavy atom. The maximum Gasteiger partial charge on any atom is 0.270 e. The lowest BCUT2D eigenvalue weighted by atomic mass is 9.99. The topological polar surface area (TPSA) is 93.0 Å². The molecule has 0 saturated carbocycles. The highest BCUT2D eigenvalue weighted by atomic mass is 16.6. The first kappa shape index (κ1) is 11.8. The van der Waals surface area contributed by atoms with Crippen molar-refractivity contribution in [3.63, 3.8) is 0 Å². The van der Waals surface area contributed by atoms with Crippen LogP contribution in [0.3, 0.4) is 0 Å². The van der Waals surface area contributed by atoms with Crippen LogP contribution < -0.4 is 5.73 Å². The lowest BCUT2D eigenvalue weighted by molar-refractivity contribution is -0.384. The molecule has 0 spiro atoms. The number of nitrogens with zero attached hydrogens (tertiary/aromatic N) is 1. The molecule has 0 fully saturated rings. The second-order valence-electron chi connectivity index (χ2n) is 3.77. The Morgan fingerprint density at radius 2 is 1.89 bits per heavy atom. The fraction of sp³-hybridized carbons (Fsp3) is 0. The summed E-state index contributed by atoms with van der Waals surface area (Å²) in [7, 11) is 0. The Hall–Kier alpha value is -2.69. The number of benzene rings is 2. The number of nitrogens with one attached hydrogen (secondary N) is 1. The molecule has 0 amide bonds. The quantitative estimate of drug-likeness (QED) is 0.374. The molecule has 0 unspecified atom stereocenters. The third-order valence-corrected chi connectivity index (χ3v) is 2.59. The van der Waals surface area contributed by atoms with Gasteiger partial charge in [0.05, 0.1) is 4.92 Å². The lowest BCUT2D eigenvalue weighted by Crippen LogP contribution is -2.12. The molecule has 0 aromatic heterocycles. The van der Waals surface area contributed by atoms with Crippen LogP contribution in [-0.4, -0.2) is 10.8 Å². The number of rotatable bonds is 3. The van der Waals surface area contributed by atoms with Crippen LogP contribution in [0.5, 0.6) is 0 Å². The van der Waals surface area contributed by atoms with Crippen molar-refractivity contribution in [1.29, 1.82) is 5.41 Å². The summed E-state index contributed by atoms with van der Waals surface area (Å²) in [6, 6.07) is 13.4. The van der Waals surface area contributed by atoms with Crippen molar-refractivity contribution >= 4 is 11.5 Å². The summed E-state index contributed by atoms with van der Waals surface area (Å²) in [4.78, 5) is 10.3. The number of amidine groups is 1. The predicted octanol–water partition coefficient (Wildman–Crippen LogP) is 2.55. The molecule has 90 valence electrons. The van der Waals surface area contributed by atoms with Crippen LogP contribution in [0.4, 0.5) is 5.69 Å². The number of nitrogens with two attached hydrogens (primary N) is 1. The zero-order valence-corrected chi connectivity index (χ0v) is 9.46. The van der Waals surface area contributed by atoms with Crippen LogP contribution in [0.2, 0.25) is 0 Å². The van der Waals surface area contributed by atoms with Crippen molar-refractivity contribution in [2.75, 3.05) is 0 Å². The average molecular weight is 241 g/mol. The van der Waals surface area contributed by atoms with Gasteiger partial charge in [-0.05, 0) is 11.1 Å². The highest BCUT2D eigenvalue weighted by Crippen LogP contribution is 2.26. The van der Waals surface area contributed by atoms with Gasteiger partial charge < -0.3 is 5.73 Å². The van der Waals surface area contributed by atoms with Crippen LogP contribution in [-0.2, 0) is 0 Å². The minimum atomic E-state index is -0.445. The molecule has 2 aromatic rings. The third-order valence-electron chi connectivity index (χ3n) is 2.59. The maximum absolute atomic E-state index is 10.7. The van der Waals surface area contributed by atoms with E-state index in [4.69, 9.17) is 11.1 Å². The number of hydrogen-bond acceptors (Lipinski definition) is 3. The molecule has 2 aromatic carbocycles. The average Bonchev–Trinajstić information content (AvgIpc) is 2.39. The molecular weight excluding hydrogens is 230 g/mol. The zero-order chi connectivity index (χ0) is 13.1. The molecule has 0 aliphatic heterocycles. The molecule has 5 heteroatoms. The SMILES string of the molecule is N=C(N)c1ccccc1-c1cccc([N+](=O)[O-])c1. The molecule has 5 nitrogen and oxygen atoms in total. The number of nitro groups is 1. The van der Waals surface area contributed by atoms with Gasteiger partial charge in [-0.15, -0.1) is 0 Å². The summed E-state index contributed by atoms with van der Waals surface area (Å²) < 4.78 is 0. The number of hydrogen-bond donors (Lipinski definition) is 2. The molecule has 2 rings (SSSR count). The lowest BCUT2D eigenvalue weighted by Gasteiger charge is -2.07. The Labute approximate surface area is 104 Å². The van der Waals surface area contributed by atoms with Crippen LogP contribution in [0, 0.1) is 15.5 Å². The maximum atomic E-state index is 10.7. The van der Waals surface area contributed by atoms with E-state index in [1.807, 2.05) is 0 Å². The van der Waals surface area contributed by atoms with Crippen LogP contribution in [0.15, 0.2) is 48.5 Å². The first-order valence-corrected chi connectivity index (χ1v) is 5.28. The Kier molecular flexibility index (Phi) is 3.05. The molecule has 0 saturated heterocycles. The van der Waals surface area contributed by atoms with E-state index in [1.54, 1.807) is 36.4 Å². The van der Waals surface area contributed by atoms with Crippen LogP contribution >= 0.6 is 0 Å². The molecule has 3 N–H and O–H groups in total. The van der Waals surface area contributed by atoms with Gasteiger partial charge in [0.1, 0.15) is 5.84 Å². The number of nitro benzene ring substituents is 1. The number of nitrogen functional groups attached to an aromatic ring is 1. The van der Waals surface area contributed by atoms with Gasteiger partial charge in [-0.2, -0.15) is 0 Å². The van der Waals surface area contributed by atoms with Crippen molar-refractivity contribution in [2.24, 2.45) is 5.73 Å². The normalized spacial score (nSPS) is 10.0. The van der Waals surface area contributed by atoms with Crippen LogP contribution in [0.1, 0.15) is 5.56 Å². The van der Waals surface area contributed by atoms with Crippen molar-refractivity contribution < 1.29 is 4.92 Å². The van der Waals surface area contributed by atoms with Gasteiger partial charge >= 0.3 is 0 Å². The summed E-state index contributed by atoms with van der Waals surface area (Å²) in [5.74, 6) is -0.0582. The van der Waals surface area contributed by atoms with E-state index in [0.29, 0.717) is 16.7 Å². The molecule has 0 radical (unpaired) electrons. The van der Waals surface area contributed by atoms with Gasteiger partial charge in [0.15, 0.2) is 0 Å². The smallest absolute Gasteiger partial charge is 0.270 e. The molecule has 0 aliphatic carbocycles. The molecule has 0 heterocycles. The van der Waals surface area contributed by atoms with Gasteiger partial charge in [0.2, 0.25) is 0 Å². The summed E-state index contributed by atoms with van der Waals surface area (Å²) in [6.45, 7) is 0. The Morgan fingerprint density at radius 3 is 2.56 bits per heavy atom. The largest absolute Gasteiger partial charge is 0.384 e. The van der Waals surface area contributed by atoms with Crippen molar-refractivity contribution in [1.82, 2.24) is 0 Å². The van der Waals surface area contributed by atoms with E-state index in [2.05, 4.69) is 0 Å². The summed E-state index contributed by atoms with van der Waals surface area (Å²) in [5, 5.41) is 18.2. The fourth-order valence-corrected chi connectivity index (χ4v) is 1.76. The van der Waals surface area contributed by atoms with Crippen molar-refractivity contribution in [3.05, 3.63) is 64.2 Å². The monoisotopic (exact) mass is 241 g/mol. The summed E-state index contributed by atoms with van der Waals surface area (Å²) >= 11 is 0. The molecule has 0 atom stereocenters. The molecule has 18 heavy (non-hydrogen) atoms. The van der Waals surface area contributed by atoms with Crippen molar-refractivity contribution in [2.45, 2.75) is 0 Å². The van der Waals surface area contributed by atoms with Crippen molar-refractivity contribution in [3.8, 4) is 11.1 Å². The third kappa shape index (κ3) is 2.20. The minimum absolute atomic E-state index is 0.0193. The van der Waals surface area contributed by atoms with E-state index < -0.39 is 4.92 Å². The van der Waals surface area contributed by atoms with E-state index in [9.17, 15) is 10.1 Å². The second-order valence-corrected chi connectivity index (χ2v) is 3.77. The molecular formula is C13H11N3O2. The Bertz CT molecular complexity index is 623. The minimum Gasteiger partial charge on any atom is -0.384 e. The summed E-state index contributed by atoms with van der Waals surface area (Å²) in [6.07, 6.45) is 0. The first-order valence-electron chi connectivity index (χ1n) is 5.28. The van der Waals surface area contributed by atoms with Gasteiger partial charge in [-0.3, -0.25) is 15.5 Å². The summed E-state index contributed by atoms with van der Waals surface area (Å²) in [5.41, 5.74) is 7.48. The highest BCUT2D eigenvalue weighted by molar-refractivity contribution is 6.01. The van der Waals surface area contributed by atoms with E-state index in [1.165, 1.54) is 12.1 Å². The van der Waals surface area contributed by atoms with Gasteiger partial charge in [0, 0.05) is 17.7 Å². The molecule has 0 bridgehead atoms. The fourth-order valence-electron chi connectivity index (χ4n) is 1.76. The van der Waals surface area contributed by atoms with E-state index in [-0.39, 0.29) is 11.5 Å². The second kappa shape index (κ2) is 4.67.